The summed E-state index contributed by atoms with van der Waals surface area (Å²) in [4.78, 5) is 27.8. The number of hydrogen-bond acceptors (Lipinski definition) is 5. The number of aryl methyl sites for hydroxylation is 1. The third kappa shape index (κ3) is 3.83. The molecule has 1 saturated carbocycles. The number of carbonyl (C=O) groups excluding carboxylic acids is 2. The number of rotatable bonds is 7. The van der Waals surface area contributed by atoms with Crippen LogP contribution in [-0.2, 0) is 6.42 Å². The van der Waals surface area contributed by atoms with Gasteiger partial charge in [-0.25, -0.2) is 4.79 Å². The first kappa shape index (κ1) is 18.0. The van der Waals surface area contributed by atoms with Gasteiger partial charge in [0.15, 0.2) is 0 Å². The van der Waals surface area contributed by atoms with Gasteiger partial charge in [0, 0.05) is 36.4 Å². The molecule has 0 atom stereocenters. The van der Waals surface area contributed by atoms with E-state index in [9.17, 15) is 9.59 Å². The molecule has 1 fully saturated rings. The second kappa shape index (κ2) is 7.72. The summed E-state index contributed by atoms with van der Waals surface area (Å²) in [6.07, 6.45) is 3.82. The first-order valence-electron chi connectivity index (χ1n) is 9.38. The Kier molecular flexibility index (Phi) is 4.97. The predicted molar refractivity (Wildman–Crippen MR) is 102 cm³/mol. The molecule has 0 radical (unpaired) electrons. The Labute approximate surface area is 162 Å². The van der Waals surface area contributed by atoms with Crippen molar-refractivity contribution >= 4 is 11.9 Å². The third-order valence-corrected chi connectivity index (χ3v) is 4.71. The molecule has 28 heavy (non-hydrogen) atoms. The van der Waals surface area contributed by atoms with Gasteiger partial charge in [0.1, 0.15) is 11.5 Å². The molecule has 4 rings (SSSR count). The Morgan fingerprint density at radius 3 is 2.79 bits per heavy atom. The topological polar surface area (TPSA) is 97.2 Å². The summed E-state index contributed by atoms with van der Waals surface area (Å²) in [5, 5.41) is 6.82. The zero-order valence-corrected chi connectivity index (χ0v) is 15.5. The minimum atomic E-state index is -0.531. The lowest BCUT2D eigenvalue weighted by Crippen LogP contribution is -2.28. The van der Waals surface area contributed by atoms with Gasteiger partial charge in [-0.3, -0.25) is 4.79 Å². The lowest BCUT2D eigenvalue weighted by Gasteiger charge is -2.03. The van der Waals surface area contributed by atoms with Crippen molar-refractivity contribution in [1.29, 1.82) is 0 Å². The van der Waals surface area contributed by atoms with Crippen molar-refractivity contribution < 1.29 is 18.8 Å². The number of amides is 1. The van der Waals surface area contributed by atoms with Crippen LogP contribution >= 0.6 is 0 Å². The van der Waals surface area contributed by atoms with Crippen molar-refractivity contribution in [3.8, 4) is 17.1 Å². The fourth-order valence-electron chi connectivity index (χ4n) is 2.99. The Morgan fingerprint density at radius 1 is 1.29 bits per heavy atom. The van der Waals surface area contributed by atoms with E-state index >= 15 is 0 Å². The summed E-state index contributed by atoms with van der Waals surface area (Å²) in [5.74, 6) is 1.06. The molecule has 3 aromatic rings. The molecular weight excluding hydrogens is 358 g/mol. The molecule has 1 amide bonds. The molecule has 1 aliphatic carbocycles. The Bertz CT molecular complexity index is 986. The van der Waals surface area contributed by atoms with Crippen LogP contribution in [0.25, 0.3) is 11.3 Å². The molecule has 1 aromatic carbocycles. The summed E-state index contributed by atoms with van der Waals surface area (Å²) >= 11 is 0. The summed E-state index contributed by atoms with van der Waals surface area (Å²) < 4.78 is 10.6. The molecule has 1 aliphatic rings. The van der Waals surface area contributed by atoms with Crippen molar-refractivity contribution in [1.82, 2.24) is 15.5 Å². The highest BCUT2D eigenvalue weighted by atomic mass is 16.6. The predicted octanol–water partition coefficient (Wildman–Crippen LogP) is 3.96. The first-order valence-corrected chi connectivity index (χ1v) is 9.38. The maximum Gasteiger partial charge on any atom is 0.413 e. The van der Waals surface area contributed by atoms with Crippen molar-refractivity contribution in [2.45, 2.75) is 26.2 Å². The highest BCUT2D eigenvalue weighted by Gasteiger charge is 2.25. The smallest absolute Gasteiger partial charge is 0.393 e. The largest absolute Gasteiger partial charge is 0.413 e. The van der Waals surface area contributed by atoms with Crippen molar-refractivity contribution in [3.63, 3.8) is 0 Å². The van der Waals surface area contributed by atoms with E-state index < -0.39 is 6.09 Å². The van der Waals surface area contributed by atoms with E-state index in [1.165, 1.54) is 12.3 Å². The SMILES string of the molecule is CCc1onc(-c2ccccc2)c1C(=O)c1c[nH]c(OC(=O)NCC2CC2)c1. The number of aromatic amines is 1. The molecule has 0 saturated heterocycles. The van der Waals surface area contributed by atoms with Crippen LogP contribution in [0.15, 0.2) is 47.1 Å². The highest BCUT2D eigenvalue weighted by molar-refractivity contribution is 6.13. The van der Waals surface area contributed by atoms with Crippen LogP contribution in [0, 0.1) is 5.92 Å². The lowest BCUT2D eigenvalue weighted by molar-refractivity contribution is 0.103. The molecule has 0 aliphatic heterocycles. The minimum absolute atomic E-state index is 0.215. The number of carbonyl (C=O) groups is 2. The van der Waals surface area contributed by atoms with E-state index in [0.717, 1.165) is 18.4 Å². The summed E-state index contributed by atoms with van der Waals surface area (Å²) in [6, 6.07) is 10.9. The summed E-state index contributed by atoms with van der Waals surface area (Å²) in [5.41, 5.74) is 2.12. The Hall–Kier alpha value is -3.35. The highest BCUT2D eigenvalue weighted by Crippen LogP contribution is 2.29. The first-order chi connectivity index (χ1) is 13.7. The molecule has 0 spiro atoms. The number of ketones is 1. The Balaban J connectivity index is 1.54. The number of ether oxygens (including phenoxy) is 1. The lowest BCUT2D eigenvalue weighted by atomic mass is 9.98. The van der Waals surface area contributed by atoms with Crippen LogP contribution in [-0.4, -0.2) is 28.6 Å². The fourth-order valence-corrected chi connectivity index (χ4v) is 2.99. The minimum Gasteiger partial charge on any atom is -0.393 e. The molecule has 0 unspecified atom stereocenters. The molecule has 2 heterocycles. The van der Waals surface area contributed by atoms with Crippen molar-refractivity contribution in [3.05, 3.63) is 59.5 Å². The summed E-state index contributed by atoms with van der Waals surface area (Å²) in [6.45, 7) is 2.52. The molecule has 7 nitrogen and oxygen atoms in total. The van der Waals surface area contributed by atoms with Gasteiger partial charge in [0.25, 0.3) is 0 Å². The van der Waals surface area contributed by atoms with Gasteiger partial charge in [-0.1, -0.05) is 42.4 Å². The van der Waals surface area contributed by atoms with Crippen LogP contribution in [0.5, 0.6) is 5.88 Å². The number of aromatic nitrogens is 2. The average molecular weight is 379 g/mol. The van der Waals surface area contributed by atoms with E-state index in [-0.39, 0.29) is 11.7 Å². The van der Waals surface area contributed by atoms with E-state index in [2.05, 4.69) is 15.5 Å². The Morgan fingerprint density at radius 2 is 2.07 bits per heavy atom. The van der Waals surface area contributed by atoms with E-state index in [0.29, 0.717) is 41.5 Å². The number of H-pyrrole nitrogens is 1. The second-order valence-electron chi connectivity index (χ2n) is 6.84. The number of benzene rings is 1. The second-order valence-corrected chi connectivity index (χ2v) is 6.84. The maximum absolute atomic E-state index is 13.1. The van der Waals surface area contributed by atoms with Gasteiger partial charge in [-0.2, -0.15) is 0 Å². The number of nitrogens with one attached hydrogen (secondary N) is 2. The van der Waals surface area contributed by atoms with E-state index in [1.807, 2.05) is 37.3 Å². The third-order valence-electron chi connectivity index (χ3n) is 4.71. The van der Waals surface area contributed by atoms with Gasteiger partial charge < -0.3 is 19.6 Å². The monoisotopic (exact) mass is 379 g/mol. The van der Waals surface area contributed by atoms with Gasteiger partial charge in [0.05, 0.1) is 5.56 Å². The maximum atomic E-state index is 13.1. The van der Waals surface area contributed by atoms with Crippen molar-refractivity contribution in [2.24, 2.45) is 5.92 Å². The van der Waals surface area contributed by atoms with Crippen LogP contribution in [0.3, 0.4) is 0 Å². The van der Waals surface area contributed by atoms with Crippen LogP contribution in [0.2, 0.25) is 0 Å². The zero-order valence-electron chi connectivity index (χ0n) is 15.5. The number of hydrogen-bond donors (Lipinski definition) is 2. The quantitative estimate of drug-likeness (QED) is 0.606. The molecule has 144 valence electrons. The van der Waals surface area contributed by atoms with Gasteiger partial charge >= 0.3 is 6.09 Å². The van der Waals surface area contributed by atoms with E-state index in [4.69, 9.17) is 9.26 Å². The van der Waals surface area contributed by atoms with Crippen LogP contribution < -0.4 is 10.1 Å². The molecule has 2 N–H and O–H groups in total. The zero-order chi connectivity index (χ0) is 19.5. The van der Waals surface area contributed by atoms with E-state index in [1.54, 1.807) is 0 Å². The molecule has 0 bridgehead atoms. The van der Waals surface area contributed by atoms with Gasteiger partial charge in [0.2, 0.25) is 11.7 Å². The molecule has 2 aromatic heterocycles. The van der Waals surface area contributed by atoms with Gasteiger partial charge in [-0.05, 0) is 18.8 Å². The fraction of sp³-hybridized carbons (Fsp3) is 0.286. The van der Waals surface area contributed by atoms with Crippen molar-refractivity contribution in [2.75, 3.05) is 6.54 Å². The van der Waals surface area contributed by atoms with Gasteiger partial charge in [-0.15, -0.1) is 0 Å². The average Bonchev–Trinajstić information content (AvgIpc) is 3.26. The molecular formula is C21H21N3O4. The normalized spacial score (nSPS) is 13.3. The number of nitrogens with zero attached hydrogens (tertiary/aromatic N) is 1. The van der Waals surface area contributed by atoms with Crippen LogP contribution in [0.1, 0.15) is 41.4 Å². The van der Waals surface area contributed by atoms with Crippen LogP contribution in [0.4, 0.5) is 4.79 Å². The summed E-state index contributed by atoms with van der Waals surface area (Å²) in [7, 11) is 0. The molecule has 7 heteroatoms. The standard InChI is InChI=1S/C21H21N3O4/c1-2-16-18(19(24-28-16)14-6-4-3-5-7-14)20(25)15-10-17(22-12-15)27-21(26)23-11-13-8-9-13/h3-7,10,12-13,22H,2,8-9,11H2,1H3,(H,23,26).